The number of hydrogen-bond donors (Lipinski definition) is 1. The van der Waals surface area contributed by atoms with Gasteiger partial charge in [-0.1, -0.05) is 19.9 Å². The molecule has 0 amide bonds. The number of likely N-dealkylation sites (N-methyl/N-ethyl adjacent to an activating group) is 1. The summed E-state index contributed by atoms with van der Waals surface area (Å²) in [7, 11) is 0. The number of halogens is 2. The van der Waals surface area contributed by atoms with Crippen LogP contribution in [0.1, 0.15) is 26.3 Å². The molecule has 1 N–H and O–H groups in total. The highest BCUT2D eigenvalue weighted by Crippen LogP contribution is 2.16. The molecule has 4 heteroatoms. The Morgan fingerprint density at radius 2 is 2.00 bits per heavy atom. The Labute approximate surface area is 118 Å². The second-order valence-electron chi connectivity index (χ2n) is 4.52. The Balaban J connectivity index is 2.42. The molecule has 18 heavy (non-hydrogen) atoms. The highest BCUT2D eigenvalue weighted by atomic mass is 79.9. The Bertz CT molecular complexity index is 367. The molecule has 0 radical (unpaired) electrons. The van der Waals surface area contributed by atoms with Gasteiger partial charge < -0.3 is 10.2 Å². The number of nitrogens with zero attached hydrogens (tertiary/aromatic N) is 1. The van der Waals surface area contributed by atoms with Crippen LogP contribution in [-0.2, 0) is 6.54 Å². The van der Waals surface area contributed by atoms with Gasteiger partial charge in [-0.05, 0) is 53.6 Å². The van der Waals surface area contributed by atoms with E-state index in [0.717, 1.165) is 31.7 Å². The van der Waals surface area contributed by atoms with Crippen molar-refractivity contribution >= 4 is 15.9 Å². The summed E-state index contributed by atoms with van der Waals surface area (Å²) in [6.07, 6.45) is 0. The van der Waals surface area contributed by atoms with E-state index >= 15 is 0 Å². The first-order valence-corrected chi connectivity index (χ1v) is 7.25. The number of hydrogen-bond acceptors (Lipinski definition) is 2. The van der Waals surface area contributed by atoms with Gasteiger partial charge in [0, 0.05) is 19.1 Å². The summed E-state index contributed by atoms with van der Waals surface area (Å²) in [5.74, 6) is -0.213. The van der Waals surface area contributed by atoms with Crippen molar-refractivity contribution in [2.75, 3.05) is 19.6 Å². The third-order valence-corrected chi connectivity index (χ3v) is 3.67. The molecular formula is C14H22BrFN2. The van der Waals surface area contributed by atoms with Gasteiger partial charge in [0.1, 0.15) is 5.82 Å². The van der Waals surface area contributed by atoms with E-state index in [1.54, 1.807) is 0 Å². The van der Waals surface area contributed by atoms with E-state index in [4.69, 9.17) is 0 Å². The van der Waals surface area contributed by atoms with Crippen LogP contribution in [-0.4, -0.2) is 30.6 Å². The fourth-order valence-electron chi connectivity index (χ4n) is 1.88. The second kappa shape index (κ2) is 7.87. The van der Waals surface area contributed by atoms with Crippen LogP contribution in [0.15, 0.2) is 22.7 Å². The zero-order chi connectivity index (χ0) is 13.5. The van der Waals surface area contributed by atoms with Gasteiger partial charge >= 0.3 is 0 Å². The van der Waals surface area contributed by atoms with Crippen molar-refractivity contribution in [3.05, 3.63) is 34.1 Å². The maximum atomic E-state index is 13.1. The minimum Gasteiger partial charge on any atom is -0.309 e. The van der Waals surface area contributed by atoms with Crippen molar-refractivity contribution in [2.24, 2.45) is 0 Å². The van der Waals surface area contributed by atoms with Gasteiger partial charge in [-0.2, -0.15) is 0 Å². The lowest BCUT2D eigenvalue weighted by Gasteiger charge is -2.23. The minimum absolute atomic E-state index is 0.213. The summed E-state index contributed by atoms with van der Waals surface area (Å²) in [5, 5.41) is 3.46. The molecule has 1 rings (SSSR count). The molecule has 2 nitrogen and oxygen atoms in total. The van der Waals surface area contributed by atoms with E-state index in [9.17, 15) is 4.39 Å². The van der Waals surface area contributed by atoms with Crippen molar-refractivity contribution in [1.82, 2.24) is 10.2 Å². The predicted molar refractivity (Wildman–Crippen MR) is 78.2 cm³/mol. The highest BCUT2D eigenvalue weighted by Gasteiger charge is 2.07. The van der Waals surface area contributed by atoms with E-state index in [-0.39, 0.29) is 5.82 Å². The molecule has 0 aliphatic carbocycles. The fraction of sp³-hybridized carbons (Fsp3) is 0.571. The zero-order valence-corrected chi connectivity index (χ0v) is 12.9. The van der Waals surface area contributed by atoms with Gasteiger partial charge in [-0.25, -0.2) is 4.39 Å². The van der Waals surface area contributed by atoms with E-state index in [1.807, 2.05) is 12.1 Å². The first-order valence-electron chi connectivity index (χ1n) is 6.46. The number of benzene rings is 1. The molecule has 0 spiro atoms. The van der Waals surface area contributed by atoms with Crippen LogP contribution in [0.5, 0.6) is 0 Å². The summed E-state index contributed by atoms with van der Waals surface area (Å²) in [4.78, 5) is 2.39. The molecule has 0 fully saturated rings. The first-order chi connectivity index (χ1) is 8.56. The summed E-state index contributed by atoms with van der Waals surface area (Å²) < 4.78 is 13.6. The Morgan fingerprint density at radius 3 is 2.56 bits per heavy atom. The standard InChI is InChI=1S/C14H22BrFN2/c1-4-18(5-2)10-11(3)17-9-12-6-7-14(16)13(15)8-12/h6-8,11,17H,4-5,9-10H2,1-3H3. The van der Waals surface area contributed by atoms with Crippen LogP contribution in [0, 0.1) is 5.82 Å². The maximum absolute atomic E-state index is 13.1. The van der Waals surface area contributed by atoms with Gasteiger partial charge in [0.15, 0.2) is 0 Å². The molecule has 0 saturated carbocycles. The van der Waals surface area contributed by atoms with Crippen LogP contribution < -0.4 is 5.32 Å². The summed E-state index contributed by atoms with van der Waals surface area (Å²) in [6, 6.07) is 5.56. The molecule has 0 saturated heterocycles. The summed E-state index contributed by atoms with van der Waals surface area (Å²) in [5.41, 5.74) is 1.09. The average molecular weight is 317 g/mol. The van der Waals surface area contributed by atoms with Crippen molar-refractivity contribution in [3.8, 4) is 0 Å². The molecular weight excluding hydrogens is 295 g/mol. The highest BCUT2D eigenvalue weighted by molar-refractivity contribution is 9.10. The smallest absolute Gasteiger partial charge is 0.137 e. The minimum atomic E-state index is -0.213. The lowest BCUT2D eigenvalue weighted by atomic mass is 10.2. The number of nitrogens with one attached hydrogen (secondary N) is 1. The van der Waals surface area contributed by atoms with Crippen molar-refractivity contribution in [2.45, 2.75) is 33.4 Å². The molecule has 0 aromatic heterocycles. The van der Waals surface area contributed by atoms with Crippen LogP contribution in [0.2, 0.25) is 0 Å². The van der Waals surface area contributed by atoms with Gasteiger partial charge in [-0.3, -0.25) is 0 Å². The van der Waals surface area contributed by atoms with Crippen LogP contribution in [0.4, 0.5) is 4.39 Å². The first kappa shape index (κ1) is 15.6. The molecule has 0 bridgehead atoms. The van der Waals surface area contributed by atoms with Gasteiger partial charge in [0.25, 0.3) is 0 Å². The molecule has 1 aromatic rings. The van der Waals surface area contributed by atoms with Crippen molar-refractivity contribution in [1.29, 1.82) is 0 Å². The topological polar surface area (TPSA) is 15.3 Å². The van der Waals surface area contributed by atoms with E-state index in [0.29, 0.717) is 10.5 Å². The molecule has 102 valence electrons. The number of rotatable bonds is 7. The monoisotopic (exact) mass is 316 g/mol. The van der Waals surface area contributed by atoms with Gasteiger partial charge in [0.05, 0.1) is 4.47 Å². The zero-order valence-electron chi connectivity index (χ0n) is 11.3. The second-order valence-corrected chi connectivity index (χ2v) is 5.37. The lowest BCUT2D eigenvalue weighted by Crippen LogP contribution is -2.38. The van der Waals surface area contributed by atoms with Crippen molar-refractivity contribution < 1.29 is 4.39 Å². The molecule has 0 heterocycles. The van der Waals surface area contributed by atoms with Gasteiger partial charge in [0.2, 0.25) is 0 Å². The van der Waals surface area contributed by atoms with E-state index in [1.165, 1.54) is 6.07 Å². The Morgan fingerprint density at radius 1 is 1.33 bits per heavy atom. The predicted octanol–water partition coefficient (Wildman–Crippen LogP) is 3.41. The summed E-state index contributed by atoms with van der Waals surface area (Å²) in [6.45, 7) is 10.5. The van der Waals surface area contributed by atoms with Crippen molar-refractivity contribution in [3.63, 3.8) is 0 Å². The van der Waals surface area contributed by atoms with E-state index < -0.39 is 0 Å². The molecule has 1 aromatic carbocycles. The van der Waals surface area contributed by atoms with E-state index in [2.05, 4.69) is 46.9 Å². The largest absolute Gasteiger partial charge is 0.309 e. The lowest BCUT2D eigenvalue weighted by molar-refractivity contribution is 0.270. The van der Waals surface area contributed by atoms with Gasteiger partial charge in [-0.15, -0.1) is 0 Å². The third-order valence-electron chi connectivity index (χ3n) is 3.07. The normalized spacial score (nSPS) is 13.0. The summed E-state index contributed by atoms with van der Waals surface area (Å²) >= 11 is 3.20. The Kier molecular flexibility index (Phi) is 6.82. The maximum Gasteiger partial charge on any atom is 0.137 e. The Hall–Kier alpha value is -0.450. The third kappa shape index (κ3) is 5.04. The molecule has 1 unspecified atom stereocenters. The molecule has 1 atom stereocenters. The average Bonchev–Trinajstić information content (AvgIpc) is 2.37. The van der Waals surface area contributed by atoms with Crippen LogP contribution >= 0.6 is 15.9 Å². The SMILES string of the molecule is CCN(CC)CC(C)NCc1ccc(F)c(Br)c1. The van der Waals surface area contributed by atoms with Crippen LogP contribution in [0.3, 0.4) is 0 Å². The fourth-order valence-corrected chi connectivity index (χ4v) is 2.30. The van der Waals surface area contributed by atoms with Crippen LogP contribution in [0.25, 0.3) is 0 Å². The molecule has 0 aliphatic rings. The molecule has 0 aliphatic heterocycles. The quantitative estimate of drug-likeness (QED) is 0.829.